The Bertz CT molecular complexity index is 796. The summed E-state index contributed by atoms with van der Waals surface area (Å²) in [6.45, 7) is 5.82. The second-order valence-electron chi connectivity index (χ2n) is 6.66. The maximum Gasteiger partial charge on any atom is 0.289 e. The Morgan fingerprint density at radius 2 is 1.85 bits per heavy atom. The van der Waals surface area contributed by atoms with Crippen molar-refractivity contribution < 1.29 is 18.7 Å². The van der Waals surface area contributed by atoms with E-state index >= 15 is 0 Å². The molecule has 27 heavy (non-hydrogen) atoms. The third-order valence-corrected chi connectivity index (χ3v) is 4.71. The molecular weight excluding hydrogens is 346 g/mol. The highest BCUT2D eigenvalue weighted by Crippen LogP contribution is 2.26. The SMILES string of the molecule is COc1ccc(C)cc1NC(C)C(=O)N1CCN(C(=O)c2ccco2)CC1. The van der Waals surface area contributed by atoms with Gasteiger partial charge in [-0.2, -0.15) is 0 Å². The maximum absolute atomic E-state index is 12.8. The molecule has 1 N–H and O–H groups in total. The maximum atomic E-state index is 12.8. The van der Waals surface area contributed by atoms with Crippen molar-refractivity contribution in [2.45, 2.75) is 19.9 Å². The van der Waals surface area contributed by atoms with Gasteiger partial charge < -0.3 is 24.3 Å². The topological polar surface area (TPSA) is 75.0 Å². The average Bonchev–Trinajstić information content (AvgIpc) is 3.22. The number of carbonyl (C=O) groups is 2. The average molecular weight is 371 g/mol. The van der Waals surface area contributed by atoms with E-state index in [-0.39, 0.29) is 11.8 Å². The summed E-state index contributed by atoms with van der Waals surface area (Å²) in [5, 5.41) is 3.24. The smallest absolute Gasteiger partial charge is 0.289 e. The highest BCUT2D eigenvalue weighted by Gasteiger charge is 2.28. The fourth-order valence-electron chi connectivity index (χ4n) is 3.19. The minimum atomic E-state index is -0.395. The molecule has 0 radical (unpaired) electrons. The van der Waals surface area contributed by atoms with Gasteiger partial charge in [-0.1, -0.05) is 6.07 Å². The van der Waals surface area contributed by atoms with Gasteiger partial charge in [0.15, 0.2) is 5.76 Å². The van der Waals surface area contributed by atoms with Crippen molar-refractivity contribution in [3.05, 3.63) is 47.9 Å². The van der Waals surface area contributed by atoms with Crippen LogP contribution in [0.2, 0.25) is 0 Å². The number of benzene rings is 1. The van der Waals surface area contributed by atoms with E-state index in [1.165, 1.54) is 6.26 Å². The Hall–Kier alpha value is -2.96. The molecule has 1 unspecified atom stereocenters. The molecule has 1 aromatic heterocycles. The van der Waals surface area contributed by atoms with E-state index in [2.05, 4.69) is 5.32 Å². The monoisotopic (exact) mass is 371 g/mol. The van der Waals surface area contributed by atoms with E-state index in [0.29, 0.717) is 37.7 Å². The quantitative estimate of drug-likeness (QED) is 0.873. The molecule has 1 aromatic carbocycles. The van der Waals surface area contributed by atoms with E-state index in [1.807, 2.05) is 32.0 Å². The zero-order valence-electron chi connectivity index (χ0n) is 15.9. The van der Waals surface area contributed by atoms with Gasteiger partial charge in [-0.05, 0) is 43.7 Å². The van der Waals surface area contributed by atoms with Gasteiger partial charge >= 0.3 is 0 Å². The van der Waals surface area contributed by atoms with Crippen LogP contribution in [0.1, 0.15) is 23.0 Å². The number of amides is 2. The minimum Gasteiger partial charge on any atom is -0.495 e. The number of nitrogens with one attached hydrogen (secondary N) is 1. The fourth-order valence-corrected chi connectivity index (χ4v) is 3.19. The predicted molar refractivity (Wildman–Crippen MR) is 102 cm³/mol. The molecule has 1 aliphatic rings. The summed E-state index contributed by atoms with van der Waals surface area (Å²) in [5.41, 5.74) is 1.88. The van der Waals surface area contributed by atoms with E-state index in [1.54, 1.807) is 29.0 Å². The summed E-state index contributed by atoms with van der Waals surface area (Å²) in [7, 11) is 1.61. The molecule has 2 amide bonds. The summed E-state index contributed by atoms with van der Waals surface area (Å²) in [6.07, 6.45) is 1.49. The molecule has 7 nitrogen and oxygen atoms in total. The molecule has 1 aliphatic heterocycles. The zero-order chi connectivity index (χ0) is 19.4. The molecule has 0 aliphatic carbocycles. The van der Waals surface area contributed by atoms with E-state index < -0.39 is 6.04 Å². The number of carbonyl (C=O) groups excluding carboxylic acids is 2. The first-order valence-corrected chi connectivity index (χ1v) is 9.02. The van der Waals surface area contributed by atoms with Crippen LogP contribution in [0.3, 0.4) is 0 Å². The van der Waals surface area contributed by atoms with Crippen LogP contribution in [0.15, 0.2) is 41.0 Å². The van der Waals surface area contributed by atoms with Gasteiger partial charge in [0.2, 0.25) is 5.91 Å². The number of methoxy groups -OCH3 is 1. The van der Waals surface area contributed by atoms with Crippen molar-refractivity contribution in [3.8, 4) is 5.75 Å². The lowest BCUT2D eigenvalue weighted by Crippen LogP contribution is -2.53. The standard InChI is InChI=1S/C20H25N3O4/c1-14-6-7-17(26-3)16(13-14)21-15(2)19(24)22-8-10-23(11-9-22)20(25)18-5-4-12-27-18/h4-7,12-13,15,21H,8-11H2,1-3H3. The van der Waals surface area contributed by atoms with Crippen molar-refractivity contribution in [3.63, 3.8) is 0 Å². The number of piperazine rings is 1. The van der Waals surface area contributed by atoms with Crippen molar-refractivity contribution in [2.75, 3.05) is 38.6 Å². The van der Waals surface area contributed by atoms with Crippen LogP contribution in [-0.2, 0) is 4.79 Å². The lowest BCUT2D eigenvalue weighted by atomic mass is 10.1. The van der Waals surface area contributed by atoms with Crippen molar-refractivity contribution in [1.29, 1.82) is 0 Å². The van der Waals surface area contributed by atoms with Crippen molar-refractivity contribution in [2.24, 2.45) is 0 Å². The van der Waals surface area contributed by atoms with Crippen LogP contribution in [0.25, 0.3) is 0 Å². The number of nitrogens with zero attached hydrogens (tertiary/aromatic N) is 2. The first kappa shape index (κ1) is 18.8. The molecule has 2 aromatic rings. The van der Waals surface area contributed by atoms with E-state index in [9.17, 15) is 9.59 Å². The number of aryl methyl sites for hydroxylation is 1. The molecule has 1 atom stereocenters. The Kier molecular flexibility index (Phi) is 5.69. The van der Waals surface area contributed by atoms with Crippen LogP contribution in [0.4, 0.5) is 5.69 Å². The predicted octanol–water partition coefficient (Wildman–Crippen LogP) is 2.38. The lowest BCUT2D eigenvalue weighted by molar-refractivity contribution is -0.133. The minimum absolute atomic E-state index is 0.00339. The lowest BCUT2D eigenvalue weighted by Gasteiger charge is -2.35. The van der Waals surface area contributed by atoms with Crippen LogP contribution in [-0.4, -0.2) is 60.9 Å². The summed E-state index contributed by atoms with van der Waals surface area (Å²) >= 11 is 0. The van der Waals surface area contributed by atoms with Crippen LogP contribution < -0.4 is 10.1 Å². The van der Waals surface area contributed by atoms with Crippen LogP contribution in [0, 0.1) is 6.92 Å². The Morgan fingerprint density at radius 3 is 2.48 bits per heavy atom. The second kappa shape index (κ2) is 8.16. The number of rotatable bonds is 5. The molecule has 1 fully saturated rings. The Labute approximate surface area is 158 Å². The fraction of sp³-hybridized carbons (Fsp3) is 0.400. The molecule has 3 rings (SSSR count). The molecular formula is C20H25N3O4. The number of ether oxygens (including phenoxy) is 1. The number of hydrogen-bond donors (Lipinski definition) is 1. The van der Waals surface area contributed by atoms with Crippen LogP contribution >= 0.6 is 0 Å². The Morgan fingerprint density at radius 1 is 1.15 bits per heavy atom. The summed E-state index contributed by atoms with van der Waals surface area (Å²) in [6, 6.07) is 8.76. The van der Waals surface area contributed by atoms with E-state index in [0.717, 1.165) is 11.3 Å². The Balaban J connectivity index is 1.57. The van der Waals surface area contributed by atoms with E-state index in [4.69, 9.17) is 9.15 Å². The summed E-state index contributed by atoms with van der Waals surface area (Å²) in [5.74, 6) is 0.900. The molecule has 144 valence electrons. The zero-order valence-corrected chi connectivity index (χ0v) is 15.9. The first-order chi connectivity index (χ1) is 13.0. The van der Waals surface area contributed by atoms with Crippen LogP contribution in [0.5, 0.6) is 5.75 Å². The molecule has 7 heteroatoms. The normalized spacial score (nSPS) is 15.4. The van der Waals surface area contributed by atoms with Gasteiger partial charge in [0.1, 0.15) is 11.8 Å². The first-order valence-electron chi connectivity index (χ1n) is 9.02. The van der Waals surface area contributed by atoms with Crippen molar-refractivity contribution >= 4 is 17.5 Å². The molecule has 1 saturated heterocycles. The number of furan rings is 1. The highest BCUT2D eigenvalue weighted by molar-refractivity contribution is 5.92. The number of anilines is 1. The molecule has 0 saturated carbocycles. The van der Waals surface area contributed by atoms with Gasteiger partial charge in [0, 0.05) is 26.2 Å². The highest BCUT2D eigenvalue weighted by atomic mass is 16.5. The third kappa shape index (κ3) is 4.24. The van der Waals surface area contributed by atoms with Gasteiger partial charge in [-0.3, -0.25) is 9.59 Å². The number of hydrogen-bond acceptors (Lipinski definition) is 5. The molecule has 2 heterocycles. The van der Waals surface area contributed by atoms with Gasteiger partial charge in [0.25, 0.3) is 5.91 Å². The summed E-state index contributed by atoms with van der Waals surface area (Å²) < 4.78 is 10.5. The summed E-state index contributed by atoms with van der Waals surface area (Å²) in [4.78, 5) is 28.6. The third-order valence-electron chi connectivity index (χ3n) is 4.71. The van der Waals surface area contributed by atoms with Gasteiger partial charge in [0.05, 0.1) is 19.1 Å². The second-order valence-corrected chi connectivity index (χ2v) is 6.66. The van der Waals surface area contributed by atoms with Gasteiger partial charge in [-0.25, -0.2) is 0 Å². The van der Waals surface area contributed by atoms with Gasteiger partial charge in [-0.15, -0.1) is 0 Å². The molecule has 0 bridgehead atoms. The largest absolute Gasteiger partial charge is 0.495 e. The molecule has 0 spiro atoms. The van der Waals surface area contributed by atoms with Crippen molar-refractivity contribution in [1.82, 2.24) is 9.80 Å².